The fourth-order valence-corrected chi connectivity index (χ4v) is 2.62. The summed E-state index contributed by atoms with van der Waals surface area (Å²) in [5, 5.41) is 9.60. The molecule has 142 valence electrons. The number of halogens is 1. The molecule has 0 bridgehead atoms. The Morgan fingerprint density at radius 2 is 1.88 bits per heavy atom. The number of methoxy groups -OCH3 is 1. The third-order valence-corrected chi connectivity index (χ3v) is 4.25. The highest BCUT2D eigenvalue weighted by atomic mass is 79.9. The first-order valence-corrected chi connectivity index (χ1v) is 9.34. The van der Waals surface area contributed by atoms with Crippen LogP contribution in [0.3, 0.4) is 0 Å². The van der Waals surface area contributed by atoms with Gasteiger partial charge in [-0.2, -0.15) is 0 Å². The van der Waals surface area contributed by atoms with Gasteiger partial charge >= 0.3 is 0 Å². The predicted molar refractivity (Wildman–Crippen MR) is 104 cm³/mol. The summed E-state index contributed by atoms with van der Waals surface area (Å²) in [5.74, 6) is 1.74. The van der Waals surface area contributed by atoms with Gasteiger partial charge < -0.3 is 19.5 Å². The van der Waals surface area contributed by atoms with E-state index < -0.39 is 0 Å². The van der Waals surface area contributed by atoms with Crippen molar-refractivity contribution in [2.24, 2.45) is 0 Å². The van der Waals surface area contributed by atoms with E-state index >= 15 is 0 Å². The molecule has 1 aromatic carbocycles. The second kappa shape index (κ2) is 10.1. The molecular weight excluding hydrogens is 402 g/mol. The van der Waals surface area contributed by atoms with Gasteiger partial charge in [0.25, 0.3) is 11.4 Å². The van der Waals surface area contributed by atoms with Gasteiger partial charge in [-0.25, -0.2) is 5.10 Å². The van der Waals surface area contributed by atoms with Crippen LogP contribution in [0.25, 0.3) is 0 Å². The maximum Gasteiger partial charge on any atom is 0.280 e. The highest BCUT2D eigenvalue weighted by molar-refractivity contribution is 9.10. The third kappa shape index (κ3) is 5.14. The SMILES string of the molecule is CCCOc1cc(CNc2c(OCCC)n[nH]c(=O)c2Br)ccc1OC. The molecule has 2 rings (SSSR count). The van der Waals surface area contributed by atoms with Crippen LogP contribution in [0.5, 0.6) is 17.4 Å². The van der Waals surface area contributed by atoms with Gasteiger partial charge in [-0.3, -0.25) is 4.79 Å². The second-order valence-corrected chi connectivity index (χ2v) is 6.38. The Bertz CT molecular complexity index is 780. The summed E-state index contributed by atoms with van der Waals surface area (Å²) in [7, 11) is 1.61. The zero-order valence-electron chi connectivity index (χ0n) is 15.2. The first kappa shape index (κ1) is 20.1. The summed E-state index contributed by atoms with van der Waals surface area (Å²) in [6, 6.07) is 5.72. The van der Waals surface area contributed by atoms with Gasteiger partial charge in [-0.05, 0) is 46.5 Å². The average Bonchev–Trinajstić information content (AvgIpc) is 2.66. The molecule has 2 aromatic rings. The molecule has 0 atom stereocenters. The van der Waals surface area contributed by atoms with Crippen LogP contribution in [0.4, 0.5) is 5.69 Å². The number of nitrogens with zero attached hydrogens (tertiary/aromatic N) is 1. The van der Waals surface area contributed by atoms with Crippen LogP contribution < -0.4 is 25.1 Å². The number of H-pyrrole nitrogens is 1. The monoisotopic (exact) mass is 425 g/mol. The van der Waals surface area contributed by atoms with E-state index in [1.54, 1.807) is 7.11 Å². The molecule has 0 unspecified atom stereocenters. The van der Waals surface area contributed by atoms with E-state index in [1.165, 1.54) is 0 Å². The van der Waals surface area contributed by atoms with Crippen LogP contribution in [0.15, 0.2) is 27.5 Å². The Balaban J connectivity index is 2.20. The zero-order valence-corrected chi connectivity index (χ0v) is 16.8. The first-order valence-electron chi connectivity index (χ1n) is 8.55. The normalized spacial score (nSPS) is 10.5. The summed E-state index contributed by atoms with van der Waals surface area (Å²) < 4.78 is 17.0. The van der Waals surface area contributed by atoms with Gasteiger partial charge in [0.1, 0.15) is 10.2 Å². The number of hydrogen-bond acceptors (Lipinski definition) is 6. The number of hydrogen-bond donors (Lipinski definition) is 2. The topological polar surface area (TPSA) is 85.5 Å². The van der Waals surface area contributed by atoms with Gasteiger partial charge in [0.15, 0.2) is 11.5 Å². The van der Waals surface area contributed by atoms with Crippen LogP contribution >= 0.6 is 15.9 Å². The van der Waals surface area contributed by atoms with E-state index in [4.69, 9.17) is 14.2 Å². The molecule has 7 nitrogen and oxygen atoms in total. The van der Waals surface area contributed by atoms with E-state index in [0.717, 1.165) is 18.4 Å². The maximum atomic E-state index is 11.8. The fourth-order valence-electron chi connectivity index (χ4n) is 2.22. The van der Waals surface area contributed by atoms with Crippen molar-refractivity contribution in [1.82, 2.24) is 10.2 Å². The van der Waals surface area contributed by atoms with Gasteiger partial charge in [0.2, 0.25) is 0 Å². The molecule has 2 N–H and O–H groups in total. The number of aromatic nitrogens is 2. The van der Waals surface area contributed by atoms with Crippen LogP contribution in [0.1, 0.15) is 32.3 Å². The van der Waals surface area contributed by atoms with Crippen molar-refractivity contribution in [3.05, 3.63) is 38.6 Å². The Morgan fingerprint density at radius 1 is 1.15 bits per heavy atom. The smallest absolute Gasteiger partial charge is 0.280 e. The van der Waals surface area contributed by atoms with E-state index in [9.17, 15) is 4.79 Å². The molecular formula is C18H24BrN3O4. The summed E-state index contributed by atoms with van der Waals surface area (Å²) in [5.41, 5.74) is 1.18. The van der Waals surface area contributed by atoms with Crippen LogP contribution in [0, 0.1) is 0 Å². The average molecular weight is 426 g/mol. The number of rotatable bonds is 10. The van der Waals surface area contributed by atoms with E-state index in [0.29, 0.717) is 47.3 Å². The quantitative estimate of drug-likeness (QED) is 0.602. The Hall–Kier alpha value is -2.22. The highest BCUT2D eigenvalue weighted by Gasteiger charge is 2.14. The largest absolute Gasteiger partial charge is 0.493 e. The molecule has 0 aliphatic heterocycles. The minimum absolute atomic E-state index is 0.321. The lowest BCUT2D eigenvalue weighted by Gasteiger charge is -2.14. The molecule has 26 heavy (non-hydrogen) atoms. The number of benzene rings is 1. The molecule has 1 aromatic heterocycles. The van der Waals surface area contributed by atoms with Crippen molar-refractivity contribution < 1.29 is 14.2 Å². The number of nitrogens with one attached hydrogen (secondary N) is 2. The minimum atomic E-state index is -0.321. The lowest BCUT2D eigenvalue weighted by Crippen LogP contribution is -2.15. The summed E-state index contributed by atoms with van der Waals surface area (Å²) in [6.07, 6.45) is 1.75. The van der Waals surface area contributed by atoms with Gasteiger partial charge in [0, 0.05) is 6.54 Å². The molecule has 0 aliphatic rings. The molecule has 0 saturated carbocycles. The number of aromatic amines is 1. The van der Waals surface area contributed by atoms with E-state index in [2.05, 4.69) is 31.4 Å². The molecule has 8 heteroatoms. The van der Waals surface area contributed by atoms with Crippen molar-refractivity contribution in [3.8, 4) is 17.4 Å². The Labute approximate surface area is 161 Å². The van der Waals surface area contributed by atoms with Crippen molar-refractivity contribution in [2.45, 2.75) is 33.2 Å². The zero-order chi connectivity index (χ0) is 18.9. The van der Waals surface area contributed by atoms with E-state index in [-0.39, 0.29) is 5.56 Å². The first-order chi connectivity index (χ1) is 12.6. The van der Waals surface area contributed by atoms with E-state index in [1.807, 2.05) is 32.0 Å². The fraction of sp³-hybridized carbons (Fsp3) is 0.444. The molecule has 0 aliphatic carbocycles. The van der Waals surface area contributed by atoms with Crippen LogP contribution in [-0.2, 0) is 6.54 Å². The lowest BCUT2D eigenvalue weighted by molar-refractivity contribution is 0.294. The number of anilines is 1. The lowest BCUT2D eigenvalue weighted by atomic mass is 10.2. The molecule has 1 heterocycles. The van der Waals surface area contributed by atoms with Gasteiger partial charge in [-0.15, -0.1) is 5.10 Å². The van der Waals surface area contributed by atoms with Crippen molar-refractivity contribution in [1.29, 1.82) is 0 Å². The van der Waals surface area contributed by atoms with Crippen LogP contribution in [0.2, 0.25) is 0 Å². The molecule has 0 saturated heterocycles. The number of ether oxygens (including phenoxy) is 3. The van der Waals surface area contributed by atoms with Crippen molar-refractivity contribution in [3.63, 3.8) is 0 Å². The second-order valence-electron chi connectivity index (χ2n) is 5.58. The van der Waals surface area contributed by atoms with Gasteiger partial charge in [-0.1, -0.05) is 19.9 Å². The molecule has 0 fully saturated rings. The van der Waals surface area contributed by atoms with Crippen molar-refractivity contribution >= 4 is 21.6 Å². The Morgan fingerprint density at radius 3 is 2.58 bits per heavy atom. The summed E-state index contributed by atoms with van der Waals surface area (Å²) in [4.78, 5) is 11.8. The highest BCUT2D eigenvalue weighted by Crippen LogP contribution is 2.30. The molecule has 0 radical (unpaired) electrons. The summed E-state index contributed by atoms with van der Waals surface area (Å²) >= 11 is 3.30. The summed E-state index contributed by atoms with van der Waals surface area (Å²) in [6.45, 7) is 5.65. The third-order valence-electron chi connectivity index (χ3n) is 3.49. The maximum absolute atomic E-state index is 11.8. The standard InChI is InChI=1S/C18H24BrN3O4/c1-4-8-25-14-10-12(6-7-13(14)24-3)11-20-16-15(19)17(23)21-22-18(16)26-9-5-2/h6-7,10H,4-5,8-9,11H2,1-3H3,(H2,20,21,23). The Kier molecular flexibility index (Phi) is 7.77. The molecule has 0 amide bonds. The predicted octanol–water partition coefficient (Wildman–Crippen LogP) is 3.73. The van der Waals surface area contributed by atoms with Crippen molar-refractivity contribution in [2.75, 3.05) is 25.6 Å². The minimum Gasteiger partial charge on any atom is -0.493 e. The van der Waals surface area contributed by atoms with Crippen LogP contribution in [-0.4, -0.2) is 30.5 Å². The van der Waals surface area contributed by atoms with Gasteiger partial charge in [0.05, 0.1) is 20.3 Å². The molecule has 0 spiro atoms.